The summed E-state index contributed by atoms with van der Waals surface area (Å²) in [5, 5.41) is 2.34. The number of hydrogen-bond acceptors (Lipinski definition) is 2. The Kier molecular flexibility index (Phi) is 2.89. The van der Waals surface area contributed by atoms with Crippen molar-refractivity contribution in [3.63, 3.8) is 0 Å². The first-order chi connectivity index (χ1) is 7.36. The van der Waals surface area contributed by atoms with E-state index >= 15 is 0 Å². The maximum Gasteiger partial charge on any atom is 2.00 e. The molecule has 3 aromatic rings. The summed E-state index contributed by atoms with van der Waals surface area (Å²) in [6.45, 7) is 2.11. The molecule has 0 fully saturated rings. The number of rotatable bonds is 0. The number of nitrogens with zero attached hydrogens (tertiary/aromatic N) is 2. The minimum Gasteiger partial charge on any atom is -0.254 e. The van der Waals surface area contributed by atoms with Crippen molar-refractivity contribution in [2.24, 2.45) is 0 Å². The molecule has 0 atom stereocenters. The van der Waals surface area contributed by atoms with Gasteiger partial charge in [-0.15, -0.1) is 0 Å². The SMILES string of the molecule is Cc1cc2cccnc2c2ncccc12.[Ni+2]. The van der Waals surface area contributed by atoms with Crippen molar-refractivity contribution in [3.8, 4) is 0 Å². The van der Waals surface area contributed by atoms with Crippen LogP contribution in [-0.4, -0.2) is 9.97 Å². The summed E-state index contributed by atoms with van der Waals surface area (Å²) in [5.74, 6) is 0. The van der Waals surface area contributed by atoms with Crippen molar-refractivity contribution in [1.29, 1.82) is 0 Å². The van der Waals surface area contributed by atoms with Gasteiger partial charge in [-0.2, -0.15) is 0 Å². The fraction of sp³-hybridized carbons (Fsp3) is 0.0769. The van der Waals surface area contributed by atoms with E-state index < -0.39 is 0 Å². The van der Waals surface area contributed by atoms with Crippen molar-refractivity contribution in [2.45, 2.75) is 6.92 Å². The zero-order valence-electron chi connectivity index (χ0n) is 8.75. The van der Waals surface area contributed by atoms with Gasteiger partial charge in [-0.1, -0.05) is 12.1 Å². The molecule has 0 N–H and O–H groups in total. The summed E-state index contributed by atoms with van der Waals surface area (Å²) in [4.78, 5) is 8.80. The molecule has 0 saturated carbocycles. The molecule has 0 unspecified atom stereocenters. The molecule has 2 aromatic heterocycles. The Morgan fingerprint density at radius 1 is 0.938 bits per heavy atom. The molecule has 2 heterocycles. The van der Waals surface area contributed by atoms with E-state index in [1.54, 1.807) is 0 Å². The first-order valence-electron chi connectivity index (χ1n) is 4.95. The van der Waals surface area contributed by atoms with Crippen LogP contribution in [0.2, 0.25) is 0 Å². The molecular formula is C13H10N2Ni+2. The number of hydrogen-bond donors (Lipinski definition) is 0. The van der Waals surface area contributed by atoms with Gasteiger partial charge in [0, 0.05) is 23.2 Å². The number of fused-ring (bicyclic) bond motifs is 3. The minimum atomic E-state index is 0. The van der Waals surface area contributed by atoms with Crippen LogP contribution in [0, 0.1) is 6.92 Å². The first kappa shape index (κ1) is 11.0. The molecule has 1 aromatic carbocycles. The molecular weight excluding hydrogens is 243 g/mol. The third-order valence-corrected chi connectivity index (χ3v) is 2.67. The number of pyridine rings is 2. The fourth-order valence-electron chi connectivity index (χ4n) is 1.96. The van der Waals surface area contributed by atoms with Gasteiger partial charge in [0.05, 0.1) is 11.0 Å². The van der Waals surface area contributed by atoms with Gasteiger partial charge in [-0.25, -0.2) is 0 Å². The molecule has 80 valence electrons. The van der Waals surface area contributed by atoms with Gasteiger partial charge < -0.3 is 0 Å². The third kappa shape index (κ3) is 1.58. The molecule has 3 rings (SSSR count). The van der Waals surface area contributed by atoms with E-state index in [1.165, 1.54) is 10.9 Å². The summed E-state index contributed by atoms with van der Waals surface area (Å²) in [5.41, 5.74) is 3.23. The summed E-state index contributed by atoms with van der Waals surface area (Å²) in [6, 6.07) is 10.2. The Balaban J connectivity index is 0.000000963. The minimum absolute atomic E-state index is 0. The topological polar surface area (TPSA) is 25.8 Å². The second-order valence-electron chi connectivity index (χ2n) is 3.67. The van der Waals surface area contributed by atoms with Crippen molar-refractivity contribution >= 4 is 21.8 Å². The molecule has 0 bridgehead atoms. The van der Waals surface area contributed by atoms with E-state index in [1.807, 2.05) is 24.5 Å². The zero-order valence-corrected chi connectivity index (χ0v) is 9.74. The van der Waals surface area contributed by atoms with Crippen LogP contribution in [0.25, 0.3) is 21.8 Å². The Morgan fingerprint density at radius 3 is 2.44 bits per heavy atom. The third-order valence-electron chi connectivity index (χ3n) is 2.67. The van der Waals surface area contributed by atoms with E-state index in [0.29, 0.717) is 0 Å². The maximum atomic E-state index is 4.41. The van der Waals surface area contributed by atoms with Gasteiger partial charge in [0.1, 0.15) is 0 Å². The second-order valence-corrected chi connectivity index (χ2v) is 3.67. The van der Waals surface area contributed by atoms with Crippen LogP contribution in [-0.2, 0) is 16.5 Å². The average Bonchev–Trinajstić information content (AvgIpc) is 2.30. The quantitative estimate of drug-likeness (QED) is 0.454. The first-order valence-corrected chi connectivity index (χ1v) is 4.95. The van der Waals surface area contributed by atoms with Crippen LogP contribution in [0.5, 0.6) is 0 Å². The van der Waals surface area contributed by atoms with Crippen LogP contribution >= 0.6 is 0 Å². The Morgan fingerprint density at radius 2 is 1.62 bits per heavy atom. The van der Waals surface area contributed by atoms with Crippen molar-refractivity contribution < 1.29 is 16.5 Å². The molecule has 0 aliphatic carbocycles. The van der Waals surface area contributed by atoms with E-state index in [4.69, 9.17) is 0 Å². The van der Waals surface area contributed by atoms with Gasteiger partial charge in [-0.3, -0.25) is 9.97 Å². The predicted octanol–water partition coefficient (Wildman–Crippen LogP) is 3.09. The normalized spacial score (nSPS) is 10.3. The van der Waals surface area contributed by atoms with Gasteiger partial charge in [0.25, 0.3) is 0 Å². The van der Waals surface area contributed by atoms with Gasteiger partial charge in [0.2, 0.25) is 0 Å². The fourth-order valence-corrected chi connectivity index (χ4v) is 1.96. The molecule has 16 heavy (non-hydrogen) atoms. The van der Waals surface area contributed by atoms with Crippen molar-refractivity contribution in [3.05, 3.63) is 48.3 Å². The van der Waals surface area contributed by atoms with Crippen LogP contribution < -0.4 is 0 Å². The standard InChI is InChI=1S/C13H10N2.Ni/c1-9-8-10-4-2-6-14-12(10)13-11(9)5-3-7-15-13;/h2-8H,1H3;/q;+2. The summed E-state index contributed by atoms with van der Waals surface area (Å²) >= 11 is 0. The maximum absolute atomic E-state index is 4.41. The number of aryl methyl sites for hydroxylation is 1. The van der Waals surface area contributed by atoms with Gasteiger partial charge in [-0.05, 0) is 30.7 Å². The van der Waals surface area contributed by atoms with Crippen molar-refractivity contribution in [1.82, 2.24) is 9.97 Å². The molecule has 0 radical (unpaired) electrons. The Bertz CT molecular complexity index is 650. The molecule has 0 aliphatic heterocycles. The second kappa shape index (κ2) is 4.19. The van der Waals surface area contributed by atoms with Crippen LogP contribution in [0.3, 0.4) is 0 Å². The number of benzene rings is 1. The summed E-state index contributed by atoms with van der Waals surface area (Å²) < 4.78 is 0. The van der Waals surface area contributed by atoms with E-state index in [-0.39, 0.29) is 16.5 Å². The summed E-state index contributed by atoms with van der Waals surface area (Å²) in [6.07, 6.45) is 3.63. The van der Waals surface area contributed by atoms with Gasteiger partial charge >= 0.3 is 16.5 Å². The summed E-state index contributed by atoms with van der Waals surface area (Å²) in [7, 11) is 0. The smallest absolute Gasteiger partial charge is 0.254 e. The predicted molar refractivity (Wildman–Crippen MR) is 61.8 cm³/mol. The van der Waals surface area contributed by atoms with Crippen LogP contribution in [0.15, 0.2) is 42.7 Å². The van der Waals surface area contributed by atoms with Crippen LogP contribution in [0.1, 0.15) is 5.56 Å². The monoisotopic (exact) mass is 252 g/mol. The van der Waals surface area contributed by atoms with E-state index in [2.05, 4.69) is 35.1 Å². The molecule has 3 heteroatoms. The van der Waals surface area contributed by atoms with Crippen LogP contribution in [0.4, 0.5) is 0 Å². The Hall–Kier alpha value is -1.47. The molecule has 0 amide bonds. The van der Waals surface area contributed by atoms with E-state index in [9.17, 15) is 0 Å². The van der Waals surface area contributed by atoms with Crippen molar-refractivity contribution in [2.75, 3.05) is 0 Å². The number of aromatic nitrogens is 2. The average molecular weight is 253 g/mol. The molecule has 2 nitrogen and oxygen atoms in total. The van der Waals surface area contributed by atoms with Gasteiger partial charge in [0.15, 0.2) is 0 Å². The van der Waals surface area contributed by atoms with E-state index in [0.717, 1.165) is 16.4 Å². The molecule has 0 aliphatic rings. The Labute approximate surface area is 104 Å². The molecule has 0 spiro atoms. The zero-order chi connectivity index (χ0) is 10.3. The molecule has 0 saturated heterocycles. The largest absolute Gasteiger partial charge is 2.00 e.